The first-order valence-electron chi connectivity index (χ1n) is 20.7. The van der Waals surface area contributed by atoms with Gasteiger partial charge in [0.05, 0.1) is 11.1 Å². The highest BCUT2D eigenvalue weighted by atomic mass is 16.6. The quantitative estimate of drug-likeness (QED) is 0.122. The first-order chi connectivity index (χ1) is 29.0. The van der Waals surface area contributed by atoms with E-state index in [4.69, 9.17) is 18.9 Å². The number of benzene rings is 3. The van der Waals surface area contributed by atoms with Crippen LogP contribution in [0.1, 0.15) is 100 Å². The van der Waals surface area contributed by atoms with Gasteiger partial charge in [-0.25, -0.2) is 24.0 Å². The maximum absolute atomic E-state index is 13.6. The van der Waals surface area contributed by atoms with Crippen molar-refractivity contribution in [1.82, 2.24) is 25.3 Å². The second-order valence-electron chi connectivity index (χ2n) is 17.8. The van der Waals surface area contributed by atoms with Gasteiger partial charge in [-0.3, -0.25) is 4.79 Å². The van der Waals surface area contributed by atoms with E-state index in [-0.39, 0.29) is 76.0 Å². The number of nitrogens with zero attached hydrogens (tertiary/aromatic N) is 3. The van der Waals surface area contributed by atoms with Crippen molar-refractivity contribution < 1.29 is 52.8 Å². The highest BCUT2D eigenvalue weighted by molar-refractivity contribution is 6.04. The Kier molecular flexibility index (Phi) is 16.4. The molecule has 0 saturated heterocycles. The van der Waals surface area contributed by atoms with Crippen LogP contribution >= 0.6 is 0 Å². The number of aromatic carboxylic acids is 1. The van der Waals surface area contributed by atoms with Crippen molar-refractivity contribution in [3.63, 3.8) is 0 Å². The first kappa shape index (κ1) is 48.3. The molecule has 0 saturated carbocycles. The lowest BCUT2D eigenvalue weighted by molar-refractivity contribution is 0.00854. The number of carbonyl (C=O) groups is 6. The molecule has 336 valence electrons. The number of amides is 5. The molecular formula is C46H61N5O11. The number of rotatable bonds is 16. The summed E-state index contributed by atoms with van der Waals surface area (Å²) < 4.78 is 22.7. The highest BCUT2D eigenvalue weighted by Gasteiger charge is 2.31. The predicted octanol–water partition coefficient (Wildman–Crippen LogP) is 7.36. The van der Waals surface area contributed by atoms with Crippen LogP contribution in [0.25, 0.3) is 11.1 Å². The third-order valence-corrected chi connectivity index (χ3v) is 9.30. The summed E-state index contributed by atoms with van der Waals surface area (Å²) in [4.78, 5) is 82.2. The van der Waals surface area contributed by atoms with E-state index in [9.17, 15) is 33.9 Å². The van der Waals surface area contributed by atoms with Crippen molar-refractivity contribution in [2.45, 2.75) is 85.0 Å². The van der Waals surface area contributed by atoms with Crippen molar-refractivity contribution in [1.29, 1.82) is 0 Å². The highest BCUT2D eigenvalue weighted by Crippen LogP contribution is 2.44. The largest absolute Gasteiger partial charge is 0.478 e. The van der Waals surface area contributed by atoms with Crippen LogP contribution in [-0.2, 0) is 18.9 Å². The smallest absolute Gasteiger partial charge is 0.410 e. The number of hydrogen-bond acceptors (Lipinski definition) is 10. The number of carbonyl (C=O) groups excluding carboxylic acids is 5. The zero-order valence-electron chi connectivity index (χ0n) is 37.2. The summed E-state index contributed by atoms with van der Waals surface area (Å²) in [6.45, 7) is 15.2. The van der Waals surface area contributed by atoms with Crippen LogP contribution in [-0.4, -0.2) is 132 Å². The Morgan fingerprint density at radius 3 is 1.32 bits per heavy atom. The average Bonchev–Trinajstić information content (AvgIpc) is 3.49. The second-order valence-corrected chi connectivity index (χ2v) is 17.8. The Morgan fingerprint density at radius 2 is 0.903 bits per heavy atom. The van der Waals surface area contributed by atoms with E-state index in [1.165, 1.54) is 32.9 Å². The third kappa shape index (κ3) is 14.7. The topological polar surface area (TPSA) is 193 Å². The Labute approximate surface area is 363 Å². The van der Waals surface area contributed by atoms with E-state index in [1.54, 1.807) is 68.4 Å². The molecule has 1 aliphatic carbocycles. The molecule has 3 aromatic carbocycles. The van der Waals surface area contributed by atoms with Gasteiger partial charge in [-0.05, 0) is 96.7 Å². The molecule has 0 heterocycles. The van der Waals surface area contributed by atoms with E-state index in [0.29, 0.717) is 0 Å². The van der Waals surface area contributed by atoms with Gasteiger partial charge < -0.3 is 49.4 Å². The number of hydrogen-bond donors (Lipinski definition) is 3. The summed E-state index contributed by atoms with van der Waals surface area (Å²) in [6, 6.07) is 21.8. The molecule has 0 atom stereocenters. The summed E-state index contributed by atoms with van der Waals surface area (Å²) in [7, 11) is 0. The lowest BCUT2D eigenvalue weighted by Gasteiger charge is -2.33. The minimum atomic E-state index is -1.26. The van der Waals surface area contributed by atoms with Gasteiger partial charge in [-0.1, -0.05) is 60.7 Å². The molecule has 0 radical (unpaired) electrons. The van der Waals surface area contributed by atoms with Crippen LogP contribution in [0.5, 0.6) is 0 Å². The molecular weight excluding hydrogens is 799 g/mol. The summed E-state index contributed by atoms with van der Waals surface area (Å²) in [5, 5.41) is 14.9. The number of ether oxygens (including phenoxy) is 4. The first-order valence-corrected chi connectivity index (χ1v) is 20.7. The molecule has 0 aromatic heterocycles. The molecule has 62 heavy (non-hydrogen) atoms. The standard InChI is InChI=1S/C46H61N5O11/c1-44(2,3)60-41(56)49(24-22-47-38(52)35-20-14-15-21-36(35)39(53)54)26-28-51(43(58)62-46(7,8)9)29-27-50(42(57)61-45(4,5)6)25-23-48-40(55)59-30-37-33-18-12-10-16-31(33)32-17-11-13-19-34(32)37/h10-21,37H,22-30H2,1-9H3,(H,47,52)(H,48,55)(H,53,54). The van der Waals surface area contributed by atoms with Crippen LogP contribution < -0.4 is 10.6 Å². The molecule has 0 fully saturated rings. The molecule has 1 aliphatic rings. The van der Waals surface area contributed by atoms with Gasteiger partial charge in [0.15, 0.2) is 0 Å². The van der Waals surface area contributed by atoms with Crippen molar-refractivity contribution >= 4 is 36.2 Å². The van der Waals surface area contributed by atoms with Crippen molar-refractivity contribution in [3.8, 4) is 11.1 Å². The molecule has 16 nitrogen and oxygen atoms in total. The average molecular weight is 860 g/mol. The van der Waals surface area contributed by atoms with Gasteiger partial charge in [0.25, 0.3) is 5.91 Å². The summed E-state index contributed by atoms with van der Waals surface area (Å²) in [6.07, 6.45) is -2.75. The van der Waals surface area contributed by atoms with Crippen LogP contribution in [0.15, 0.2) is 72.8 Å². The zero-order valence-corrected chi connectivity index (χ0v) is 37.2. The molecule has 0 spiro atoms. The van der Waals surface area contributed by atoms with E-state index in [2.05, 4.69) is 22.8 Å². The minimum Gasteiger partial charge on any atom is -0.478 e. The second kappa shape index (κ2) is 21.0. The van der Waals surface area contributed by atoms with Gasteiger partial charge in [-0.15, -0.1) is 0 Å². The Morgan fingerprint density at radius 1 is 0.532 bits per heavy atom. The van der Waals surface area contributed by atoms with E-state index in [1.807, 2.05) is 36.4 Å². The summed E-state index contributed by atoms with van der Waals surface area (Å²) in [5.74, 6) is -2.03. The Hall–Kier alpha value is -6.32. The lowest BCUT2D eigenvalue weighted by atomic mass is 9.98. The molecule has 16 heteroatoms. The van der Waals surface area contributed by atoms with Gasteiger partial charge in [0, 0.05) is 58.3 Å². The van der Waals surface area contributed by atoms with Crippen LogP contribution in [0.2, 0.25) is 0 Å². The number of carboxylic acid groups (broad SMARTS) is 1. The fraction of sp³-hybridized carbons (Fsp3) is 0.478. The Balaban J connectivity index is 1.43. The number of nitrogens with one attached hydrogen (secondary N) is 2. The number of fused-ring (bicyclic) bond motifs is 3. The zero-order chi connectivity index (χ0) is 45.8. The summed E-state index contributed by atoms with van der Waals surface area (Å²) in [5.41, 5.74) is 1.55. The number of alkyl carbamates (subject to hydrolysis) is 1. The van der Waals surface area contributed by atoms with Crippen LogP contribution in [0.3, 0.4) is 0 Å². The molecule has 3 aromatic rings. The van der Waals surface area contributed by atoms with Crippen LogP contribution in [0, 0.1) is 0 Å². The SMILES string of the molecule is CC(C)(C)OC(=O)N(CCNC(=O)OCC1c2ccccc2-c2ccccc21)CCN(CCN(CCNC(=O)c1ccccc1C(=O)O)C(=O)OC(C)(C)C)C(=O)OC(C)(C)C. The normalized spacial score (nSPS) is 12.3. The minimum absolute atomic E-state index is 0.00993. The third-order valence-electron chi connectivity index (χ3n) is 9.30. The fourth-order valence-electron chi connectivity index (χ4n) is 6.56. The molecule has 5 amide bonds. The predicted molar refractivity (Wildman–Crippen MR) is 232 cm³/mol. The van der Waals surface area contributed by atoms with Gasteiger partial charge >= 0.3 is 30.3 Å². The van der Waals surface area contributed by atoms with E-state index >= 15 is 0 Å². The number of carboxylic acids is 1. The maximum Gasteiger partial charge on any atom is 0.410 e. The Bertz CT molecular complexity index is 2020. The fourth-order valence-corrected chi connectivity index (χ4v) is 6.56. The van der Waals surface area contributed by atoms with Gasteiger partial charge in [0.1, 0.15) is 23.4 Å². The van der Waals surface area contributed by atoms with E-state index < -0.39 is 53.1 Å². The molecule has 0 aliphatic heterocycles. The molecule has 4 rings (SSSR count). The van der Waals surface area contributed by atoms with Crippen molar-refractivity contribution in [2.24, 2.45) is 0 Å². The molecule has 3 N–H and O–H groups in total. The molecule has 0 unspecified atom stereocenters. The maximum atomic E-state index is 13.6. The van der Waals surface area contributed by atoms with Crippen molar-refractivity contribution in [3.05, 3.63) is 95.1 Å². The molecule has 0 bridgehead atoms. The lowest BCUT2D eigenvalue weighted by Crippen LogP contribution is -2.49. The van der Waals surface area contributed by atoms with Crippen molar-refractivity contribution in [2.75, 3.05) is 59.0 Å². The summed E-state index contributed by atoms with van der Waals surface area (Å²) >= 11 is 0. The van der Waals surface area contributed by atoms with E-state index in [0.717, 1.165) is 22.3 Å². The van der Waals surface area contributed by atoms with Crippen LogP contribution in [0.4, 0.5) is 19.2 Å². The van der Waals surface area contributed by atoms with Gasteiger partial charge in [-0.2, -0.15) is 0 Å². The van der Waals surface area contributed by atoms with Gasteiger partial charge in [0.2, 0.25) is 0 Å². The monoisotopic (exact) mass is 859 g/mol.